The number of carbonyl (C=O) groups is 2. The van der Waals surface area contributed by atoms with Gasteiger partial charge in [0.1, 0.15) is 31.0 Å². The number of esters is 2. The van der Waals surface area contributed by atoms with Gasteiger partial charge in [-0.3, -0.25) is 9.59 Å². The highest BCUT2D eigenvalue weighted by Gasteiger charge is 2.44. The van der Waals surface area contributed by atoms with Crippen LogP contribution in [0.3, 0.4) is 0 Å². The summed E-state index contributed by atoms with van der Waals surface area (Å²) in [5.74, 6) is -0.802. The maximum Gasteiger partial charge on any atom is 0.306 e. The zero-order chi connectivity index (χ0) is 44.4. The van der Waals surface area contributed by atoms with Gasteiger partial charge in [-0.1, -0.05) is 179 Å². The molecule has 0 aliphatic carbocycles. The molecule has 0 amide bonds. The Bertz CT molecular complexity index is 1050. The first-order valence-electron chi connectivity index (χ1n) is 25.4. The van der Waals surface area contributed by atoms with Crippen molar-refractivity contribution in [2.24, 2.45) is 0 Å². The number of hydrogen-bond donors (Lipinski definition) is 4. The highest BCUT2D eigenvalue weighted by atomic mass is 16.7. The number of ether oxygens (including phenoxy) is 4. The average molecular weight is 867 g/mol. The molecule has 10 nitrogen and oxygen atoms in total. The van der Waals surface area contributed by atoms with Crippen LogP contribution in [0.2, 0.25) is 0 Å². The first-order valence-corrected chi connectivity index (χ1v) is 25.4. The number of hydrogen-bond acceptors (Lipinski definition) is 10. The van der Waals surface area contributed by atoms with Crippen LogP contribution in [-0.4, -0.2) is 89.0 Å². The Balaban J connectivity index is 2.26. The Hall–Kier alpha value is -1.82. The molecule has 0 spiro atoms. The van der Waals surface area contributed by atoms with Crippen molar-refractivity contribution < 1.29 is 49.0 Å². The van der Waals surface area contributed by atoms with Gasteiger partial charge < -0.3 is 39.4 Å². The van der Waals surface area contributed by atoms with Crippen molar-refractivity contribution in [1.82, 2.24) is 0 Å². The van der Waals surface area contributed by atoms with Crippen molar-refractivity contribution in [3.05, 3.63) is 24.3 Å². The lowest BCUT2D eigenvalue weighted by molar-refractivity contribution is -0.305. The van der Waals surface area contributed by atoms with Gasteiger partial charge in [-0.25, -0.2) is 0 Å². The molecule has 1 fully saturated rings. The third-order valence-corrected chi connectivity index (χ3v) is 11.8. The van der Waals surface area contributed by atoms with E-state index in [4.69, 9.17) is 18.9 Å². The summed E-state index contributed by atoms with van der Waals surface area (Å²) in [6.07, 6.45) is 40.4. The molecule has 0 saturated carbocycles. The summed E-state index contributed by atoms with van der Waals surface area (Å²) in [6, 6.07) is 0. The van der Waals surface area contributed by atoms with E-state index in [1.165, 1.54) is 154 Å². The standard InChI is InChI=1S/C51H94O10/c1-3-5-7-9-11-13-15-17-19-21-22-24-25-27-29-31-33-35-37-39-46(53)58-42-44(43-59-51-50(57)49(56)48(55)45(41-52)61-51)60-47(54)40-38-36-34-32-30-28-26-23-20-18-16-14-12-10-8-6-4-2/h14,16-17,19,44-45,48-52,55-57H,3-13,15,18,20-43H2,1-2H3/b16-14+,19-17+/t44-,45-,48+,49?,50?,51-/m0/s1. The number of aliphatic hydroxyl groups is 4. The fourth-order valence-corrected chi connectivity index (χ4v) is 7.77. The second-order valence-corrected chi connectivity index (χ2v) is 17.6. The van der Waals surface area contributed by atoms with Crippen LogP contribution >= 0.6 is 0 Å². The molecular weight excluding hydrogens is 773 g/mol. The Labute approximate surface area is 373 Å². The molecule has 0 bridgehead atoms. The van der Waals surface area contributed by atoms with Gasteiger partial charge in [0, 0.05) is 12.8 Å². The summed E-state index contributed by atoms with van der Waals surface area (Å²) in [5, 5.41) is 40.2. The van der Waals surface area contributed by atoms with E-state index in [2.05, 4.69) is 38.2 Å². The summed E-state index contributed by atoms with van der Waals surface area (Å²) in [4.78, 5) is 25.4. The Morgan fingerprint density at radius 1 is 0.492 bits per heavy atom. The highest BCUT2D eigenvalue weighted by Crippen LogP contribution is 2.23. The van der Waals surface area contributed by atoms with Gasteiger partial charge in [-0.2, -0.15) is 0 Å². The minimum atomic E-state index is -1.59. The van der Waals surface area contributed by atoms with Crippen LogP contribution < -0.4 is 0 Å². The van der Waals surface area contributed by atoms with E-state index < -0.39 is 49.4 Å². The van der Waals surface area contributed by atoms with E-state index in [0.717, 1.165) is 44.9 Å². The minimum absolute atomic E-state index is 0.216. The summed E-state index contributed by atoms with van der Waals surface area (Å²) < 4.78 is 22.2. The number of unbranched alkanes of at least 4 members (excludes halogenated alkanes) is 28. The fourth-order valence-electron chi connectivity index (χ4n) is 7.77. The zero-order valence-electron chi connectivity index (χ0n) is 39.2. The van der Waals surface area contributed by atoms with Crippen LogP contribution in [0.5, 0.6) is 0 Å². The monoisotopic (exact) mass is 867 g/mol. The van der Waals surface area contributed by atoms with Crippen LogP contribution in [-0.2, 0) is 28.5 Å². The second-order valence-electron chi connectivity index (χ2n) is 17.6. The summed E-state index contributed by atoms with van der Waals surface area (Å²) >= 11 is 0. The van der Waals surface area contributed by atoms with Crippen molar-refractivity contribution in [1.29, 1.82) is 0 Å². The van der Waals surface area contributed by atoms with E-state index in [9.17, 15) is 30.0 Å². The van der Waals surface area contributed by atoms with Crippen LogP contribution in [0.1, 0.15) is 232 Å². The molecule has 0 aromatic heterocycles. The number of aliphatic hydroxyl groups excluding tert-OH is 4. The smallest absolute Gasteiger partial charge is 0.306 e. The van der Waals surface area contributed by atoms with Crippen LogP contribution in [0.25, 0.3) is 0 Å². The molecule has 0 aromatic carbocycles. The van der Waals surface area contributed by atoms with Gasteiger partial charge >= 0.3 is 11.9 Å². The third-order valence-electron chi connectivity index (χ3n) is 11.8. The van der Waals surface area contributed by atoms with Gasteiger partial charge in [0.25, 0.3) is 0 Å². The highest BCUT2D eigenvalue weighted by molar-refractivity contribution is 5.70. The number of allylic oxidation sites excluding steroid dienone is 4. The maximum absolute atomic E-state index is 12.8. The molecule has 1 rings (SSSR count). The molecule has 1 aliphatic heterocycles. The lowest BCUT2D eigenvalue weighted by Crippen LogP contribution is -2.59. The Kier molecular flexibility index (Phi) is 39.5. The van der Waals surface area contributed by atoms with Gasteiger partial charge in [-0.15, -0.1) is 0 Å². The lowest BCUT2D eigenvalue weighted by atomic mass is 9.99. The first-order chi connectivity index (χ1) is 29.8. The van der Waals surface area contributed by atoms with E-state index in [0.29, 0.717) is 6.42 Å². The Morgan fingerprint density at radius 2 is 0.869 bits per heavy atom. The number of carbonyl (C=O) groups excluding carboxylic acids is 2. The number of rotatable bonds is 43. The molecular formula is C51H94O10. The zero-order valence-corrected chi connectivity index (χ0v) is 39.2. The van der Waals surface area contributed by atoms with E-state index in [-0.39, 0.29) is 32.0 Å². The predicted octanol–water partition coefficient (Wildman–Crippen LogP) is 11.7. The topological polar surface area (TPSA) is 152 Å². The summed E-state index contributed by atoms with van der Waals surface area (Å²) in [6.45, 7) is 3.43. The van der Waals surface area contributed by atoms with Crippen molar-refractivity contribution in [2.45, 2.75) is 269 Å². The second kappa shape index (κ2) is 42.1. The predicted molar refractivity (Wildman–Crippen MR) is 247 cm³/mol. The van der Waals surface area contributed by atoms with E-state index >= 15 is 0 Å². The SMILES string of the molecule is CCCCCC/C=C/CCCCCCCCCCCC(=O)O[C@@H](COC(=O)CCCCCCCCCCC/C=C/CCCCCCCC)CO[C@H]1O[C@@H](CO)[C@@H](O)C(O)C1O. The molecule has 2 unspecified atom stereocenters. The molecule has 358 valence electrons. The molecule has 1 aliphatic rings. The fraction of sp³-hybridized carbons (Fsp3) is 0.882. The van der Waals surface area contributed by atoms with Crippen LogP contribution in [0, 0.1) is 0 Å². The van der Waals surface area contributed by atoms with E-state index in [1.54, 1.807) is 0 Å². The van der Waals surface area contributed by atoms with Gasteiger partial charge in [0.2, 0.25) is 0 Å². The third kappa shape index (κ3) is 33.4. The molecule has 6 atom stereocenters. The molecule has 0 radical (unpaired) electrons. The lowest BCUT2D eigenvalue weighted by Gasteiger charge is -2.39. The quantitative estimate of drug-likeness (QED) is 0.0265. The van der Waals surface area contributed by atoms with Crippen LogP contribution in [0.4, 0.5) is 0 Å². The van der Waals surface area contributed by atoms with Crippen molar-refractivity contribution >= 4 is 11.9 Å². The van der Waals surface area contributed by atoms with Crippen molar-refractivity contribution in [2.75, 3.05) is 19.8 Å². The molecule has 10 heteroatoms. The molecule has 1 heterocycles. The molecule has 61 heavy (non-hydrogen) atoms. The van der Waals surface area contributed by atoms with Gasteiger partial charge in [0.05, 0.1) is 13.2 Å². The van der Waals surface area contributed by atoms with Crippen molar-refractivity contribution in [3.8, 4) is 0 Å². The Morgan fingerprint density at radius 3 is 1.30 bits per heavy atom. The van der Waals surface area contributed by atoms with Crippen molar-refractivity contribution in [3.63, 3.8) is 0 Å². The normalized spacial score (nSPS) is 19.9. The maximum atomic E-state index is 12.8. The van der Waals surface area contributed by atoms with E-state index in [1.807, 2.05) is 0 Å². The van der Waals surface area contributed by atoms with Crippen LogP contribution in [0.15, 0.2) is 24.3 Å². The molecule has 1 saturated heterocycles. The van der Waals surface area contributed by atoms with Gasteiger partial charge in [-0.05, 0) is 64.2 Å². The summed E-state index contributed by atoms with van der Waals surface area (Å²) in [5.41, 5.74) is 0. The first kappa shape index (κ1) is 57.2. The molecule has 4 N–H and O–H groups in total. The average Bonchev–Trinajstić information content (AvgIpc) is 3.26. The summed E-state index contributed by atoms with van der Waals surface area (Å²) in [7, 11) is 0. The van der Waals surface area contributed by atoms with Gasteiger partial charge in [0.15, 0.2) is 12.4 Å². The largest absolute Gasteiger partial charge is 0.462 e. The minimum Gasteiger partial charge on any atom is -0.462 e. The molecule has 0 aromatic rings.